The van der Waals surface area contributed by atoms with Crippen molar-refractivity contribution in [2.45, 2.75) is 19.3 Å². The number of nitrogens with one attached hydrogen (secondary N) is 1. The van der Waals surface area contributed by atoms with Gasteiger partial charge in [0.15, 0.2) is 0 Å². The molecule has 0 amide bonds. The summed E-state index contributed by atoms with van der Waals surface area (Å²) in [5.41, 5.74) is 0.763. The van der Waals surface area contributed by atoms with E-state index in [-0.39, 0.29) is 12.5 Å². The van der Waals surface area contributed by atoms with Crippen molar-refractivity contribution in [1.29, 1.82) is 0 Å². The van der Waals surface area contributed by atoms with Crippen molar-refractivity contribution >= 4 is 22.2 Å². The van der Waals surface area contributed by atoms with Gasteiger partial charge in [-0.1, -0.05) is 6.07 Å². The Bertz CT molecular complexity index is 1060. The summed E-state index contributed by atoms with van der Waals surface area (Å²) in [7, 11) is 1.52. The van der Waals surface area contributed by atoms with Crippen molar-refractivity contribution in [3.05, 3.63) is 55.5 Å². The zero-order valence-corrected chi connectivity index (χ0v) is 14.6. The molecule has 6 nitrogen and oxygen atoms in total. The lowest BCUT2D eigenvalue weighted by Gasteiger charge is -2.19. The molecule has 0 spiro atoms. The number of hydrogen-bond donors (Lipinski definition) is 2. The standard InChI is InChI=1S/C18H18N2O4S/c1-24-13-4-2-3-12-16(13)20(18(23)19-17(12)22)15-8-11-7-10(9-21)5-6-14(11)25-15/h2-4,8,10,21H,5-7,9H2,1H3,(H,19,22,23). The molecule has 0 saturated carbocycles. The number of aromatic amines is 1. The number of nitrogens with zero attached hydrogens (tertiary/aromatic N) is 1. The van der Waals surface area contributed by atoms with Gasteiger partial charge < -0.3 is 9.84 Å². The normalized spacial score (nSPS) is 16.8. The number of aryl methyl sites for hydroxylation is 1. The average molecular weight is 358 g/mol. The van der Waals surface area contributed by atoms with Crippen LogP contribution in [0.4, 0.5) is 0 Å². The van der Waals surface area contributed by atoms with E-state index in [1.807, 2.05) is 6.07 Å². The van der Waals surface area contributed by atoms with Crippen LogP contribution < -0.4 is 16.0 Å². The van der Waals surface area contributed by atoms with E-state index in [0.29, 0.717) is 16.7 Å². The number of fused-ring (bicyclic) bond motifs is 2. The van der Waals surface area contributed by atoms with Crippen molar-refractivity contribution in [2.75, 3.05) is 13.7 Å². The maximum Gasteiger partial charge on any atom is 0.334 e. The summed E-state index contributed by atoms with van der Waals surface area (Å²) in [4.78, 5) is 28.4. The molecule has 1 aliphatic carbocycles. The minimum Gasteiger partial charge on any atom is -0.495 e. The first kappa shape index (κ1) is 16.1. The molecule has 1 unspecified atom stereocenters. The lowest BCUT2D eigenvalue weighted by Crippen LogP contribution is -2.29. The molecule has 1 aliphatic rings. The van der Waals surface area contributed by atoms with Gasteiger partial charge in [0.25, 0.3) is 5.56 Å². The van der Waals surface area contributed by atoms with Crippen LogP contribution in [0.5, 0.6) is 5.75 Å². The van der Waals surface area contributed by atoms with Gasteiger partial charge in [0.2, 0.25) is 0 Å². The molecule has 7 heteroatoms. The molecule has 0 bridgehead atoms. The maximum atomic E-state index is 12.6. The molecule has 0 saturated heterocycles. The molecule has 4 rings (SSSR count). The van der Waals surface area contributed by atoms with Crippen LogP contribution in [0, 0.1) is 5.92 Å². The van der Waals surface area contributed by atoms with Crippen molar-refractivity contribution in [1.82, 2.24) is 9.55 Å². The van der Waals surface area contributed by atoms with Crippen LogP contribution in [0.2, 0.25) is 0 Å². The Balaban J connectivity index is 1.98. The minimum atomic E-state index is -0.473. The van der Waals surface area contributed by atoms with Gasteiger partial charge >= 0.3 is 5.69 Å². The molecule has 0 fully saturated rings. The number of thiophene rings is 1. The molecule has 1 aromatic carbocycles. The summed E-state index contributed by atoms with van der Waals surface area (Å²) >= 11 is 1.56. The monoisotopic (exact) mass is 358 g/mol. The van der Waals surface area contributed by atoms with Crippen LogP contribution in [0.25, 0.3) is 15.9 Å². The molecule has 25 heavy (non-hydrogen) atoms. The van der Waals surface area contributed by atoms with Crippen molar-refractivity contribution in [3.63, 3.8) is 0 Å². The molecule has 2 heterocycles. The smallest absolute Gasteiger partial charge is 0.334 e. The predicted octanol–water partition coefficient (Wildman–Crippen LogP) is 1.85. The van der Waals surface area contributed by atoms with E-state index in [0.717, 1.165) is 24.3 Å². The van der Waals surface area contributed by atoms with Gasteiger partial charge in [-0.2, -0.15) is 0 Å². The van der Waals surface area contributed by atoms with Gasteiger partial charge in [0, 0.05) is 11.5 Å². The van der Waals surface area contributed by atoms with Crippen molar-refractivity contribution in [3.8, 4) is 10.8 Å². The first-order chi connectivity index (χ1) is 12.1. The third-order valence-electron chi connectivity index (χ3n) is 4.76. The van der Waals surface area contributed by atoms with Gasteiger partial charge in [0.1, 0.15) is 16.3 Å². The highest BCUT2D eigenvalue weighted by molar-refractivity contribution is 7.14. The zero-order chi connectivity index (χ0) is 17.6. The molecule has 2 N–H and O–H groups in total. The summed E-state index contributed by atoms with van der Waals surface area (Å²) in [5.74, 6) is 0.758. The topological polar surface area (TPSA) is 84.3 Å². The lowest BCUT2D eigenvalue weighted by molar-refractivity contribution is 0.214. The summed E-state index contributed by atoms with van der Waals surface area (Å²) in [6.07, 6.45) is 2.67. The second-order valence-electron chi connectivity index (χ2n) is 6.28. The Morgan fingerprint density at radius 3 is 3.00 bits per heavy atom. The Morgan fingerprint density at radius 1 is 1.40 bits per heavy atom. The number of methoxy groups -OCH3 is 1. The Labute approximate surface area is 147 Å². The Hall–Kier alpha value is -2.38. The van der Waals surface area contributed by atoms with Gasteiger partial charge in [-0.25, -0.2) is 9.36 Å². The van der Waals surface area contributed by atoms with Gasteiger partial charge in [-0.05, 0) is 48.9 Å². The van der Waals surface area contributed by atoms with Crippen molar-refractivity contribution < 1.29 is 9.84 Å². The number of aliphatic hydroxyl groups is 1. The third-order valence-corrected chi connectivity index (χ3v) is 5.98. The molecule has 0 aliphatic heterocycles. The van der Waals surface area contributed by atoms with E-state index in [9.17, 15) is 14.7 Å². The van der Waals surface area contributed by atoms with E-state index >= 15 is 0 Å². The number of aliphatic hydroxyl groups excluding tert-OH is 1. The van der Waals surface area contributed by atoms with Gasteiger partial charge in [-0.3, -0.25) is 9.78 Å². The van der Waals surface area contributed by atoms with E-state index in [2.05, 4.69) is 4.98 Å². The highest BCUT2D eigenvalue weighted by Crippen LogP contribution is 2.35. The molecule has 1 atom stereocenters. The fraction of sp³-hybridized carbons (Fsp3) is 0.333. The number of rotatable bonds is 3. The van der Waals surface area contributed by atoms with E-state index in [1.165, 1.54) is 22.1 Å². The molecule has 3 aromatic rings. The number of hydrogen-bond acceptors (Lipinski definition) is 5. The summed E-state index contributed by atoms with van der Waals surface area (Å²) in [5, 5.41) is 10.6. The number of ether oxygens (including phenoxy) is 1. The maximum absolute atomic E-state index is 12.6. The largest absolute Gasteiger partial charge is 0.495 e. The molecule has 130 valence electrons. The SMILES string of the molecule is COc1cccc2c(=O)[nH]c(=O)n(-c3cc4c(s3)CCC(CO)C4)c12. The number of benzene rings is 1. The second kappa shape index (κ2) is 6.16. The minimum absolute atomic E-state index is 0.181. The lowest BCUT2D eigenvalue weighted by atomic mass is 9.89. The molecule has 0 radical (unpaired) electrons. The third kappa shape index (κ3) is 2.60. The van der Waals surface area contributed by atoms with Gasteiger partial charge in [0.05, 0.1) is 12.5 Å². The number of para-hydroxylation sites is 1. The fourth-order valence-corrected chi connectivity index (χ4v) is 4.69. The first-order valence-corrected chi connectivity index (χ1v) is 8.99. The van der Waals surface area contributed by atoms with Crippen LogP contribution in [-0.2, 0) is 12.8 Å². The van der Waals surface area contributed by atoms with E-state index in [4.69, 9.17) is 4.74 Å². The predicted molar refractivity (Wildman–Crippen MR) is 97.2 cm³/mol. The Kier molecular flexibility index (Phi) is 3.97. The van der Waals surface area contributed by atoms with Crippen LogP contribution in [0.15, 0.2) is 33.9 Å². The summed E-state index contributed by atoms with van der Waals surface area (Å²) in [6, 6.07) is 7.15. The van der Waals surface area contributed by atoms with E-state index in [1.54, 1.807) is 29.5 Å². The van der Waals surface area contributed by atoms with Crippen LogP contribution >= 0.6 is 11.3 Å². The fourth-order valence-electron chi connectivity index (χ4n) is 3.48. The summed E-state index contributed by atoms with van der Waals surface area (Å²) < 4.78 is 6.92. The Morgan fingerprint density at radius 2 is 2.24 bits per heavy atom. The zero-order valence-electron chi connectivity index (χ0n) is 13.7. The van der Waals surface area contributed by atoms with Crippen LogP contribution in [0.3, 0.4) is 0 Å². The highest BCUT2D eigenvalue weighted by Gasteiger charge is 2.23. The second-order valence-corrected chi connectivity index (χ2v) is 7.39. The first-order valence-electron chi connectivity index (χ1n) is 8.17. The number of H-pyrrole nitrogens is 1. The quantitative estimate of drug-likeness (QED) is 0.748. The summed E-state index contributed by atoms with van der Waals surface area (Å²) in [6.45, 7) is 0.181. The van der Waals surface area contributed by atoms with E-state index < -0.39 is 11.2 Å². The van der Waals surface area contributed by atoms with Crippen molar-refractivity contribution in [2.24, 2.45) is 5.92 Å². The van der Waals surface area contributed by atoms with Crippen LogP contribution in [0.1, 0.15) is 16.9 Å². The highest BCUT2D eigenvalue weighted by atomic mass is 32.1. The molecular weight excluding hydrogens is 340 g/mol. The molecular formula is C18H18N2O4S. The molecule has 2 aromatic heterocycles. The van der Waals surface area contributed by atoms with Crippen LogP contribution in [-0.4, -0.2) is 28.4 Å². The number of aromatic nitrogens is 2. The average Bonchev–Trinajstić information content (AvgIpc) is 3.03. The van der Waals surface area contributed by atoms with Gasteiger partial charge in [-0.15, -0.1) is 11.3 Å².